The molecule has 154 valence electrons. The van der Waals surface area contributed by atoms with Crippen LogP contribution in [0.25, 0.3) is 11.0 Å². The highest BCUT2D eigenvalue weighted by molar-refractivity contribution is 7.89. The number of urea groups is 1. The van der Waals surface area contributed by atoms with E-state index in [-0.39, 0.29) is 17.3 Å². The number of nitrogens with two attached hydrogens (primary N) is 1. The first-order valence-corrected chi connectivity index (χ1v) is 10.1. The van der Waals surface area contributed by atoms with Gasteiger partial charge in [-0.3, -0.25) is 4.57 Å². The number of aromatic nitrogens is 2. The van der Waals surface area contributed by atoms with E-state index in [1.165, 1.54) is 24.3 Å². The number of nitrogens with one attached hydrogen (secondary N) is 2. The fourth-order valence-corrected chi connectivity index (χ4v) is 3.37. The Hall–Kier alpha value is -3.05. The summed E-state index contributed by atoms with van der Waals surface area (Å²) < 4.78 is 50.4. The number of para-hydroxylation sites is 2. The van der Waals surface area contributed by atoms with E-state index in [9.17, 15) is 22.0 Å². The molecule has 2 amide bonds. The summed E-state index contributed by atoms with van der Waals surface area (Å²) in [4.78, 5) is 16.3. The van der Waals surface area contributed by atoms with Gasteiger partial charge in [0.1, 0.15) is 5.82 Å². The first kappa shape index (κ1) is 20.7. The van der Waals surface area contributed by atoms with Crippen molar-refractivity contribution in [3.05, 3.63) is 54.4 Å². The summed E-state index contributed by atoms with van der Waals surface area (Å²) in [6, 6.07) is 11.3. The normalized spacial score (nSPS) is 12.9. The minimum Gasteiger partial charge on any atom is -0.337 e. The van der Waals surface area contributed by atoms with Gasteiger partial charge in [-0.05, 0) is 36.4 Å². The highest BCUT2D eigenvalue weighted by Gasteiger charge is 2.22. The summed E-state index contributed by atoms with van der Waals surface area (Å²) in [5.41, 5.74) is 1.13. The van der Waals surface area contributed by atoms with Crippen LogP contribution in [0.4, 0.5) is 19.3 Å². The second-order valence-electron chi connectivity index (χ2n) is 6.41. The molecule has 0 bridgehead atoms. The van der Waals surface area contributed by atoms with Crippen LogP contribution in [0.15, 0.2) is 53.4 Å². The minimum absolute atomic E-state index is 0.0666. The van der Waals surface area contributed by atoms with Crippen LogP contribution in [0.2, 0.25) is 0 Å². The number of anilines is 1. The molecule has 1 heterocycles. The number of rotatable bonds is 6. The van der Waals surface area contributed by atoms with Crippen molar-refractivity contribution in [1.29, 1.82) is 0 Å². The average Bonchev–Trinajstić information content (AvgIpc) is 3.05. The largest absolute Gasteiger partial charge is 0.337 e. The number of hydrogen-bond donors (Lipinski definition) is 3. The van der Waals surface area contributed by atoms with E-state index in [2.05, 4.69) is 15.6 Å². The van der Waals surface area contributed by atoms with Gasteiger partial charge in [0, 0.05) is 18.2 Å². The van der Waals surface area contributed by atoms with Gasteiger partial charge >= 0.3 is 12.6 Å². The first-order valence-electron chi connectivity index (χ1n) is 8.59. The summed E-state index contributed by atoms with van der Waals surface area (Å²) >= 11 is 0. The number of imidazole rings is 1. The van der Waals surface area contributed by atoms with E-state index in [4.69, 9.17) is 5.14 Å². The number of primary sulfonamides is 1. The second-order valence-corrected chi connectivity index (χ2v) is 7.97. The van der Waals surface area contributed by atoms with Gasteiger partial charge < -0.3 is 10.6 Å². The van der Waals surface area contributed by atoms with Crippen LogP contribution in [-0.4, -0.2) is 30.5 Å². The summed E-state index contributed by atoms with van der Waals surface area (Å²) in [7, 11) is -3.82. The zero-order valence-corrected chi connectivity index (χ0v) is 16.2. The third kappa shape index (κ3) is 4.69. The highest BCUT2D eigenvalue weighted by atomic mass is 32.2. The molecule has 1 aromatic heterocycles. The summed E-state index contributed by atoms with van der Waals surface area (Å²) in [6.45, 7) is -1.01. The van der Waals surface area contributed by atoms with Gasteiger partial charge in [-0.15, -0.1) is 0 Å². The Balaban J connectivity index is 1.66. The van der Waals surface area contributed by atoms with Crippen LogP contribution < -0.4 is 15.8 Å². The van der Waals surface area contributed by atoms with E-state index in [1.807, 2.05) is 0 Å². The smallest absolute Gasteiger partial charge is 0.320 e. The molecular formula is C18H19F2N5O3S. The maximum atomic E-state index is 13.5. The van der Waals surface area contributed by atoms with Gasteiger partial charge in [-0.1, -0.05) is 19.1 Å². The predicted octanol–water partition coefficient (Wildman–Crippen LogP) is 3.00. The molecule has 3 rings (SSSR count). The molecule has 4 N–H and O–H groups in total. The van der Waals surface area contributed by atoms with Crippen LogP contribution >= 0.6 is 0 Å². The molecule has 3 aromatic rings. The average molecular weight is 423 g/mol. The Labute approximate surface area is 165 Å². The van der Waals surface area contributed by atoms with Crippen molar-refractivity contribution in [2.45, 2.75) is 24.3 Å². The monoisotopic (exact) mass is 423 g/mol. The van der Waals surface area contributed by atoms with Crippen molar-refractivity contribution < 1.29 is 22.0 Å². The lowest BCUT2D eigenvalue weighted by Gasteiger charge is -2.15. The summed E-state index contributed by atoms with van der Waals surface area (Å²) in [6.07, 6.45) is 0. The number of fused-ring (bicyclic) bond motifs is 1. The molecule has 29 heavy (non-hydrogen) atoms. The number of nitrogens with zero attached hydrogens (tertiary/aromatic N) is 2. The summed E-state index contributed by atoms with van der Waals surface area (Å²) in [5.74, 6) is -0.314. The number of halogens is 2. The van der Waals surface area contributed by atoms with E-state index in [0.29, 0.717) is 16.7 Å². The summed E-state index contributed by atoms with van der Waals surface area (Å²) in [5, 5.41) is 10.1. The Morgan fingerprint density at radius 1 is 1.17 bits per heavy atom. The number of carbonyl (C=O) groups excluding carboxylic acids is 1. The first-order chi connectivity index (χ1) is 13.7. The van der Waals surface area contributed by atoms with Crippen molar-refractivity contribution in [2.75, 3.05) is 11.9 Å². The molecule has 0 fully saturated rings. The lowest BCUT2D eigenvalue weighted by Crippen LogP contribution is -2.32. The predicted molar refractivity (Wildman–Crippen MR) is 104 cm³/mol. The van der Waals surface area contributed by atoms with Crippen LogP contribution in [0, 0.1) is 0 Å². The van der Waals surface area contributed by atoms with E-state index >= 15 is 0 Å². The maximum Gasteiger partial charge on any atom is 0.320 e. The number of alkyl halides is 2. The number of sulfonamides is 1. The van der Waals surface area contributed by atoms with Crippen molar-refractivity contribution >= 4 is 32.8 Å². The fraction of sp³-hybridized carbons (Fsp3) is 0.222. The van der Waals surface area contributed by atoms with E-state index in [1.54, 1.807) is 31.2 Å². The van der Waals surface area contributed by atoms with Crippen molar-refractivity contribution in [3.63, 3.8) is 0 Å². The van der Waals surface area contributed by atoms with E-state index < -0.39 is 28.5 Å². The lowest BCUT2D eigenvalue weighted by atomic mass is 10.1. The van der Waals surface area contributed by atoms with Crippen LogP contribution in [0.5, 0.6) is 0 Å². The molecule has 0 radical (unpaired) electrons. The van der Waals surface area contributed by atoms with Crippen molar-refractivity contribution in [2.24, 2.45) is 5.14 Å². The molecule has 0 aliphatic rings. The number of benzene rings is 2. The molecule has 2 aromatic carbocycles. The third-order valence-electron chi connectivity index (χ3n) is 4.27. The van der Waals surface area contributed by atoms with Gasteiger partial charge in [-0.25, -0.2) is 23.3 Å². The van der Waals surface area contributed by atoms with E-state index in [0.717, 1.165) is 4.57 Å². The highest BCUT2D eigenvalue weighted by Crippen LogP contribution is 2.27. The lowest BCUT2D eigenvalue weighted by molar-refractivity contribution is 0.0704. The number of carbonyl (C=O) groups is 1. The van der Waals surface area contributed by atoms with Crippen LogP contribution in [0.3, 0.4) is 0 Å². The number of hydrogen-bond acceptors (Lipinski definition) is 4. The molecular weight excluding hydrogens is 404 g/mol. The van der Waals surface area contributed by atoms with Gasteiger partial charge in [0.2, 0.25) is 10.0 Å². The SMILES string of the molecule is C[C@@H](CNC(=O)Nc1ccc(S(N)(=O)=O)cc1)c1nc2ccccc2n1C(F)F. The Bertz CT molecular complexity index is 1130. The fourth-order valence-electron chi connectivity index (χ4n) is 2.86. The molecule has 0 aliphatic heterocycles. The minimum atomic E-state index is -3.82. The molecule has 0 saturated carbocycles. The zero-order valence-electron chi connectivity index (χ0n) is 15.3. The maximum absolute atomic E-state index is 13.5. The van der Waals surface area contributed by atoms with Crippen LogP contribution in [0.1, 0.15) is 25.2 Å². The molecule has 1 atom stereocenters. The zero-order chi connectivity index (χ0) is 21.2. The second kappa shape index (κ2) is 8.13. The van der Waals surface area contributed by atoms with Gasteiger partial charge in [0.15, 0.2) is 0 Å². The topological polar surface area (TPSA) is 119 Å². The third-order valence-corrected chi connectivity index (χ3v) is 5.20. The quantitative estimate of drug-likeness (QED) is 0.565. The Morgan fingerprint density at radius 3 is 2.45 bits per heavy atom. The molecule has 0 saturated heterocycles. The van der Waals surface area contributed by atoms with Crippen molar-refractivity contribution in [3.8, 4) is 0 Å². The molecule has 0 aliphatic carbocycles. The van der Waals surface area contributed by atoms with Crippen LogP contribution in [-0.2, 0) is 10.0 Å². The molecule has 11 heteroatoms. The number of amides is 2. The van der Waals surface area contributed by atoms with Crippen molar-refractivity contribution in [1.82, 2.24) is 14.9 Å². The molecule has 0 spiro atoms. The van der Waals surface area contributed by atoms with Gasteiger partial charge in [0.25, 0.3) is 0 Å². The van der Waals surface area contributed by atoms with Gasteiger partial charge in [-0.2, -0.15) is 8.78 Å². The Kier molecular flexibility index (Phi) is 5.80. The van der Waals surface area contributed by atoms with Gasteiger partial charge in [0.05, 0.1) is 15.9 Å². The molecule has 8 nitrogen and oxygen atoms in total. The Morgan fingerprint density at radius 2 is 1.83 bits per heavy atom. The standard InChI is InChI=1S/C18H19F2N5O3S/c1-11(16-24-14-4-2-3-5-15(14)25(16)17(19)20)10-22-18(26)23-12-6-8-13(9-7-12)29(21,27)28/h2-9,11,17H,10H2,1H3,(H2,21,27,28)(H2,22,23,26)/t11-/m0/s1. The molecule has 0 unspecified atom stereocenters.